The average Bonchev–Trinajstić information content (AvgIpc) is 3.31. The van der Waals surface area contributed by atoms with Crippen LogP contribution in [-0.2, 0) is 19.1 Å². The van der Waals surface area contributed by atoms with Crippen molar-refractivity contribution < 1.29 is 32.3 Å². The molecule has 148 valence electrons. The molecule has 10 heteroatoms. The molecule has 0 unspecified atom stereocenters. The molecule has 28 heavy (non-hydrogen) atoms. The fraction of sp³-hybridized carbons (Fsp3) is 0.278. The molecule has 1 aliphatic rings. The van der Waals surface area contributed by atoms with Crippen LogP contribution in [-0.4, -0.2) is 41.1 Å². The van der Waals surface area contributed by atoms with Crippen molar-refractivity contribution in [1.82, 2.24) is 4.90 Å². The summed E-state index contributed by atoms with van der Waals surface area (Å²) in [5.74, 6) is -3.13. The first kappa shape index (κ1) is 19.9. The summed E-state index contributed by atoms with van der Waals surface area (Å²) in [6.07, 6.45) is 1.47. The molecule has 7 nitrogen and oxygen atoms in total. The van der Waals surface area contributed by atoms with E-state index in [-0.39, 0.29) is 17.3 Å². The van der Waals surface area contributed by atoms with Crippen molar-refractivity contribution in [2.24, 2.45) is 0 Å². The zero-order valence-corrected chi connectivity index (χ0v) is 15.5. The van der Waals surface area contributed by atoms with Gasteiger partial charge in [0.1, 0.15) is 17.2 Å². The van der Waals surface area contributed by atoms with Gasteiger partial charge in [-0.25, -0.2) is 13.6 Å². The molecule has 1 N–H and O–H groups in total. The highest BCUT2D eigenvalue weighted by atomic mass is 32.2. The number of thioether (sulfide) groups is 1. The Morgan fingerprint density at radius 2 is 2.07 bits per heavy atom. The zero-order chi connectivity index (χ0) is 20.3. The third-order valence-corrected chi connectivity index (χ3v) is 5.25. The highest BCUT2D eigenvalue weighted by Crippen LogP contribution is 2.41. The van der Waals surface area contributed by atoms with Crippen LogP contribution in [0.15, 0.2) is 41.0 Å². The van der Waals surface area contributed by atoms with E-state index in [1.165, 1.54) is 35.9 Å². The Morgan fingerprint density at radius 3 is 2.71 bits per heavy atom. The van der Waals surface area contributed by atoms with Gasteiger partial charge < -0.3 is 19.4 Å². The lowest BCUT2D eigenvalue weighted by atomic mass is 10.2. The second-order valence-electron chi connectivity index (χ2n) is 5.93. The lowest BCUT2D eigenvalue weighted by Crippen LogP contribution is -2.43. The van der Waals surface area contributed by atoms with Crippen molar-refractivity contribution in [2.45, 2.75) is 18.3 Å². The van der Waals surface area contributed by atoms with Gasteiger partial charge in [-0.3, -0.25) is 9.59 Å². The van der Waals surface area contributed by atoms with Crippen LogP contribution in [0, 0.1) is 11.6 Å². The van der Waals surface area contributed by atoms with Crippen LogP contribution >= 0.6 is 11.8 Å². The van der Waals surface area contributed by atoms with Gasteiger partial charge in [0.25, 0.3) is 5.91 Å². The summed E-state index contributed by atoms with van der Waals surface area (Å²) in [5, 5.41) is 1.84. The summed E-state index contributed by atoms with van der Waals surface area (Å²) >= 11 is 1.35. The van der Waals surface area contributed by atoms with Crippen LogP contribution in [0.25, 0.3) is 0 Å². The van der Waals surface area contributed by atoms with E-state index in [4.69, 9.17) is 9.15 Å². The second kappa shape index (κ2) is 8.42. The normalized spacial score (nSPS) is 18.8. The zero-order valence-electron chi connectivity index (χ0n) is 14.7. The highest BCUT2D eigenvalue weighted by molar-refractivity contribution is 7.99. The monoisotopic (exact) mass is 410 g/mol. The summed E-state index contributed by atoms with van der Waals surface area (Å²) < 4.78 is 36.4. The van der Waals surface area contributed by atoms with Crippen molar-refractivity contribution in [3.63, 3.8) is 0 Å². The van der Waals surface area contributed by atoms with Gasteiger partial charge in [-0.15, -0.1) is 11.8 Å². The van der Waals surface area contributed by atoms with E-state index >= 15 is 0 Å². The summed E-state index contributed by atoms with van der Waals surface area (Å²) in [6.45, 7) is 0.702. The number of carbonyl (C=O) groups is 3. The van der Waals surface area contributed by atoms with Gasteiger partial charge in [0, 0.05) is 24.4 Å². The number of hydrogen-bond donors (Lipinski definition) is 1. The van der Waals surface area contributed by atoms with E-state index in [9.17, 15) is 23.2 Å². The van der Waals surface area contributed by atoms with Gasteiger partial charge in [-0.2, -0.15) is 0 Å². The van der Waals surface area contributed by atoms with Crippen LogP contribution in [0.4, 0.5) is 14.5 Å². The molecule has 1 aliphatic heterocycles. The van der Waals surface area contributed by atoms with Crippen LogP contribution in [0.3, 0.4) is 0 Å². The number of nitrogens with zero attached hydrogens (tertiary/aromatic N) is 1. The molecule has 0 bridgehead atoms. The predicted molar refractivity (Wildman–Crippen MR) is 96.2 cm³/mol. The topological polar surface area (TPSA) is 88.8 Å². The number of benzene rings is 1. The second-order valence-corrected chi connectivity index (χ2v) is 7.04. The van der Waals surface area contributed by atoms with Crippen LogP contribution < -0.4 is 5.32 Å². The van der Waals surface area contributed by atoms with Gasteiger partial charge in [-0.1, -0.05) is 0 Å². The number of hydrogen-bond acceptors (Lipinski definition) is 6. The fourth-order valence-electron chi connectivity index (χ4n) is 2.73. The molecule has 0 aliphatic carbocycles. The van der Waals surface area contributed by atoms with Gasteiger partial charge >= 0.3 is 5.97 Å². The maximum Gasteiger partial charge on any atom is 0.330 e. The minimum Gasteiger partial charge on any atom is -0.466 e. The molecule has 0 spiro atoms. The molecule has 1 saturated heterocycles. The van der Waals surface area contributed by atoms with E-state index < -0.39 is 41.5 Å². The predicted octanol–water partition coefficient (Wildman–Crippen LogP) is 2.70. The van der Waals surface area contributed by atoms with Crippen LogP contribution in [0.1, 0.15) is 18.1 Å². The van der Waals surface area contributed by atoms with E-state index in [1.54, 1.807) is 12.1 Å². The lowest BCUT2D eigenvalue weighted by molar-refractivity contribution is -0.155. The number of amides is 2. The van der Waals surface area contributed by atoms with Crippen LogP contribution in [0.2, 0.25) is 0 Å². The lowest BCUT2D eigenvalue weighted by Gasteiger charge is -2.25. The number of anilines is 1. The third-order valence-electron chi connectivity index (χ3n) is 3.97. The first-order valence-electron chi connectivity index (χ1n) is 8.22. The molecule has 1 fully saturated rings. The molecule has 1 aromatic carbocycles. The summed E-state index contributed by atoms with van der Waals surface area (Å²) in [7, 11) is 0. The Hall–Kier alpha value is -2.88. The SMILES string of the molecule is CC(=O)N1[C@@H](c2ccco2)SC[C@H]1C(=O)OCC(=O)Nc1ccc(F)c(F)c1. The summed E-state index contributed by atoms with van der Waals surface area (Å²) in [4.78, 5) is 37.6. The third kappa shape index (κ3) is 4.33. The minimum atomic E-state index is -1.11. The van der Waals surface area contributed by atoms with E-state index in [0.29, 0.717) is 5.76 Å². The molecule has 2 amide bonds. The largest absolute Gasteiger partial charge is 0.466 e. The van der Waals surface area contributed by atoms with Gasteiger partial charge in [0.2, 0.25) is 5.91 Å². The van der Waals surface area contributed by atoms with E-state index in [2.05, 4.69) is 5.32 Å². The number of halogens is 2. The number of carbonyl (C=O) groups excluding carboxylic acids is 3. The summed E-state index contributed by atoms with van der Waals surface area (Å²) in [6, 6.07) is 5.38. The molecule has 2 atom stereocenters. The molecule has 0 saturated carbocycles. The van der Waals surface area contributed by atoms with Crippen molar-refractivity contribution in [1.29, 1.82) is 0 Å². The Labute approximate surface area is 163 Å². The Balaban J connectivity index is 1.58. The number of nitrogens with one attached hydrogen (secondary N) is 1. The number of ether oxygens (including phenoxy) is 1. The maximum atomic E-state index is 13.2. The Kier molecular flexibility index (Phi) is 5.98. The number of esters is 1. The standard InChI is InChI=1S/C18H16F2N2O5S/c1-10(23)22-14(9-28-17(22)15-3-2-6-26-15)18(25)27-8-16(24)21-11-4-5-12(19)13(20)7-11/h2-7,14,17H,8-9H2,1H3,(H,21,24)/t14-,17+/m0/s1. The van der Waals surface area contributed by atoms with Crippen molar-refractivity contribution in [3.8, 4) is 0 Å². The molecule has 1 aromatic heterocycles. The molecule has 3 rings (SSSR count). The Morgan fingerprint density at radius 1 is 1.29 bits per heavy atom. The molecule has 0 radical (unpaired) electrons. The smallest absolute Gasteiger partial charge is 0.330 e. The minimum absolute atomic E-state index is 0.0274. The molecule has 2 aromatic rings. The van der Waals surface area contributed by atoms with Gasteiger partial charge in [0.05, 0.1) is 6.26 Å². The van der Waals surface area contributed by atoms with Gasteiger partial charge in [0.15, 0.2) is 18.2 Å². The fourth-order valence-corrected chi connectivity index (χ4v) is 4.14. The Bertz CT molecular complexity index is 890. The van der Waals surface area contributed by atoms with Crippen molar-refractivity contribution in [3.05, 3.63) is 54.0 Å². The van der Waals surface area contributed by atoms with E-state index in [0.717, 1.165) is 12.1 Å². The van der Waals surface area contributed by atoms with Crippen molar-refractivity contribution >= 4 is 35.2 Å². The van der Waals surface area contributed by atoms with E-state index in [1.807, 2.05) is 0 Å². The highest BCUT2D eigenvalue weighted by Gasteiger charge is 2.43. The van der Waals surface area contributed by atoms with Crippen LogP contribution in [0.5, 0.6) is 0 Å². The maximum absolute atomic E-state index is 13.2. The summed E-state index contributed by atoms with van der Waals surface area (Å²) in [5.41, 5.74) is 0.0274. The molecular weight excluding hydrogens is 394 g/mol. The molecular formula is C18H16F2N2O5S. The van der Waals surface area contributed by atoms with Crippen molar-refractivity contribution in [2.75, 3.05) is 17.7 Å². The first-order chi connectivity index (χ1) is 13.4. The quantitative estimate of drug-likeness (QED) is 0.763. The van der Waals surface area contributed by atoms with Gasteiger partial charge in [-0.05, 0) is 24.3 Å². The number of furan rings is 1. The average molecular weight is 410 g/mol. The number of rotatable bonds is 5. The first-order valence-corrected chi connectivity index (χ1v) is 9.27. The molecule has 2 heterocycles.